The molecule has 1 heterocycles. The van der Waals surface area contributed by atoms with Crippen LogP contribution in [-0.4, -0.2) is 6.04 Å². The number of aryl methyl sites for hydroxylation is 1. The summed E-state index contributed by atoms with van der Waals surface area (Å²) in [6.07, 6.45) is -0.107. The second-order valence-electron chi connectivity index (χ2n) is 4.36. The van der Waals surface area contributed by atoms with Crippen molar-refractivity contribution >= 4 is 27.3 Å². The maximum atomic E-state index is 6.08. The second-order valence-corrected chi connectivity index (χ2v) is 6.06. The Kier molecular flexibility index (Phi) is 4.43. The molecule has 0 bridgehead atoms. The van der Waals surface area contributed by atoms with E-state index in [1.165, 1.54) is 0 Å². The Morgan fingerprint density at radius 1 is 1.33 bits per heavy atom. The minimum atomic E-state index is -0.107. The number of rotatable bonds is 4. The molecule has 0 radical (unpaired) electrons. The highest BCUT2D eigenvalue weighted by Gasteiger charge is 2.19. The van der Waals surface area contributed by atoms with Gasteiger partial charge >= 0.3 is 0 Å². The lowest BCUT2D eigenvalue weighted by molar-refractivity contribution is 0.179. The van der Waals surface area contributed by atoms with E-state index in [2.05, 4.69) is 27.4 Å². The third-order valence-electron chi connectivity index (χ3n) is 2.75. The van der Waals surface area contributed by atoms with Crippen molar-refractivity contribution < 1.29 is 4.74 Å². The van der Waals surface area contributed by atoms with E-state index in [-0.39, 0.29) is 12.1 Å². The number of thiophene rings is 1. The largest absolute Gasteiger partial charge is 0.484 e. The topological polar surface area (TPSA) is 35.2 Å². The van der Waals surface area contributed by atoms with Gasteiger partial charge in [-0.15, -0.1) is 0 Å². The fourth-order valence-electron chi connectivity index (χ4n) is 1.75. The highest BCUT2D eigenvalue weighted by Crippen LogP contribution is 2.30. The molecule has 4 heteroatoms. The van der Waals surface area contributed by atoms with Crippen LogP contribution in [0.15, 0.2) is 39.5 Å². The molecule has 0 fully saturated rings. The Balaban J connectivity index is 2.27. The van der Waals surface area contributed by atoms with Gasteiger partial charge in [-0.1, -0.05) is 22.0 Å². The van der Waals surface area contributed by atoms with Crippen LogP contribution < -0.4 is 10.5 Å². The average molecular weight is 326 g/mol. The molecule has 2 N–H and O–H groups in total. The number of benzene rings is 1. The molecule has 2 rings (SSSR count). The predicted molar refractivity (Wildman–Crippen MR) is 80.2 cm³/mol. The van der Waals surface area contributed by atoms with Gasteiger partial charge in [-0.05, 0) is 48.4 Å². The normalized spacial score (nSPS) is 14.2. The summed E-state index contributed by atoms with van der Waals surface area (Å²) in [4.78, 5) is 0. The van der Waals surface area contributed by atoms with E-state index in [1.807, 2.05) is 37.4 Å². The lowest BCUT2D eigenvalue weighted by Crippen LogP contribution is -2.28. The predicted octanol–water partition coefficient (Wildman–Crippen LogP) is 4.29. The Hall–Kier alpha value is -0.840. The van der Waals surface area contributed by atoms with Gasteiger partial charge in [0.2, 0.25) is 0 Å². The van der Waals surface area contributed by atoms with Gasteiger partial charge in [0, 0.05) is 16.1 Å². The van der Waals surface area contributed by atoms with Crippen LogP contribution in [0.1, 0.15) is 24.2 Å². The first-order valence-corrected chi connectivity index (χ1v) is 7.52. The fourth-order valence-corrected chi connectivity index (χ4v) is 2.78. The summed E-state index contributed by atoms with van der Waals surface area (Å²) < 4.78 is 7.09. The molecule has 18 heavy (non-hydrogen) atoms. The maximum absolute atomic E-state index is 6.08. The maximum Gasteiger partial charge on any atom is 0.139 e. The molecular weight excluding hydrogens is 310 g/mol. The van der Waals surface area contributed by atoms with Gasteiger partial charge in [0.25, 0.3) is 0 Å². The molecule has 0 saturated heterocycles. The van der Waals surface area contributed by atoms with Crippen LogP contribution in [0, 0.1) is 6.92 Å². The molecule has 0 aliphatic heterocycles. The molecule has 0 aliphatic rings. The molecule has 1 aromatic heterocycles. The molecule has 96 valence electrons. The van der Waals surface area contributed by atoms with Crippen molar-refractivity contribution in [3.63, 3.8) is 0 Å². The average Bonchev–Trinajstić information content (AvgIpc) is 2.83. The van der Waals surface area contributed by atoms with Gasteiger partial charge in [-0.25, -0.2) is 0 Å². The Morgan fingerprint density at radius 3 is 2.72 bits per heavy atom. The fraction of sp³-hybridized carbons (Fsp3) is 0.286. The molecule has 0 saturated carbocycles. The van der Waals surface area contributed by atoms with Gasteiger partial charge in [0.05, 0.1) is 0 Å². The highest BCUT2D eigenvalue weighted by atomic mass is 79.9. The van der Waals surface area contributed by atoms with E-state index in [4.69, 9.17) is 10.5 Å². The highest BCUT2D eigenvalue weighted by molar-refractivity contribution is 9.10. The smallest absolute Gasteiger partial charge is 0.139 e. The van der Waals surface area contributed by atoms with E-state index in [0.717, 1.165) is 21.3 Å². The molecule has 2 nitrogen and oxygen atoms in total. The zero-order chi connectivity index (χ0) is 13.1. The molecule has 2 atom stereocenters. The van der Waals surface area contributed by atoms with Crippen LogP contribution in [0.2, 0.25) is 0 Å². The summed E-state index contributed by atoms with van der Waals surface area (Å²) in [6.45, 7) is 4.00. The van der Waals surface area contributed by atoms with Crippen molar-refractivity contribution in [1.82, 2.24) is 0 Å². The van der Waals surface area contributed by atoms with Gasteiger partial charge in [0.15, 0.2) is 0 Å². The van der Waals surface area contributed by atoms with Crippen molar-refractivity contribution in [2.75, 3.05) is 0 Å². The number of hydrogen-bond acceptors (Lipinski definition) is 3. The van der Waals surface area contributed by atoms with E-state index in [0.29, 0.717) is 0 Å². The van der Waals surface area contributed by atoms with E-state index < -0.39 is 0 Å². The summed E-state index contributed by atoms with van der Waals surface area (Å²) in [7, 11) is 0. The Labute approximate surface area is 120 Å². The summed E-state index contributed by atoms with van der Waals surface area (Å²) in [5, 5.41) is 4.13. The van der Waals surface area contributed by atoms with Crippen LogP contribution in [0.4, 0.5) is 0 Å². The zero-order valence-electron chi connectivity index (χ0n) is 10.4. The summed E-state index contributed by atoms with van der Waals surface area (Å²) in [5.74, 6) is 0.873. The van der Waals surface area contributed by atoms with E-state index >= 15 is 0 Å². The Morgan fingerprint density at radius 2 is 2.11 bits per heavy atom. The molecular formula is C14H16BrNOS. The number of halogens is 1. The molecule has 1 aromatic carbocycles. The zero-order valence-corrected chi connectivity index (χ0v) is 12.8. The SMILES string of the molecule is Cc1ccc(Br)cc1OC(c1ccsc1)C(C)N. The number of hydrogen-bond donors (Lipinski definition) is 1. The van der Waals surface area contributed by atoms with Crippen molar-refractivity contribution in [1.29, 1.82) is 0 Å². The first-order chi connectivity index (χ1) is 8.58. The van der Waals surface area contributed by atoms with Crippen molar-refractivity contribution in [3.05, 3.63) is 50.6 Å². The van der Waals surface area contributed by atoms with Gasteiger partial charge in [-0.2, -0.15) is 11.3 Å². The third-order valence-corrected chi connectivity index (χ3v) is 3.95. The first kappa shape index (κ1) is 13.6. The van der Waals surface area contributed by atoms with Crippen molar-refractivity contribution in [2.24, 2.45) is 5.73 Å². The quantitative estimate of drug-likeness (QED) is 0.910. The third kappa shape index (κ3) is 3.13. The van der Waals surface area contributed by atoms with Crippen LogP contribution in [0.3, 0.4) is 0 Å². The second kappa shape index (κ2) is 5.87. The van der Waals surface area contributed by atoms with Crippen LogP contribution in [-0.2, 0) is 0 Å². The minimum absolute atomic E-state index is 0.0574. The first-order valence-electron chi connectivity index (χ1n) is 5.78. The summed E-state index contributed by atoms with van der Waals surface area (Å²) >= 11 is 5.12. The van der Waals surface area contributed by atoms with Crippen LogP contribution in [0.25, 0.3) is 0 Å². The minimum Gasteiger partial charge on any atom is -0.484 e. The standard InChI is InChI=1S/C14H16BrNOS/c1-9-3-4-12(15)7-13(9)17-14(10(2)16)11-5-6-18-8-11/h3-8,10,14H,16H2,1-2H3. The van der Waals surface area contributed by atoms with Gasteiger partial charge < -0.3 is 10.5 Å². The number of ether oxygens (including phenoxy) is 1. The van der Waals surface area contributed by atoms with Gasteiger partial charge in [0.1, 0.15) is 11.9 Å². The number of nitrogens with two attached hydrogens (primary N) is 1. The molecule has 2 unspecified atom stereocenters. The lowest BCUT2D eigenvalue weighted by Gasteiger charge is -2.23. The summed E-state index contributed by atoms with van der Waals surface area (Å²) in [6, 6.07) is 8.03. The molecule has 2 aromatic rings. The van der Waals surface area contributed by atoms with E-state index in [9.17, 15) is 0 Å². The lowest BCUT2D eigenvalue weighted by atomic mass is 10.1. The van der Waals surface area contributed by atoms with E-state index in [1.54, 1.807) is 11.3 Å². The molecule has 0 amide bonds. The monoisotopic (exact) mass is 325 g/mol. The summed E-state index contributed by atoms with van der Waals surface area (Å²) in [5.41, 5.74) is 8.28. The van der Waals surface area contributed by atoms with Crippen LogP contribution >= 0.6 is 27.3 Å². The Bertz CT molecular complexity index is 511. The molecule has 0 aliphatic carbocycles. The molecule has 0 spiro atoms. The van der Waals surface area contributed by atoms with Crippen molar-refractivity contribution in [2.45, 2.75) is 26.0 Å². The van der Waals surface area contributed by atoms with Crippen LogP contribution in [0.5, 0.6) is 5.75 Å². The van der Waals surface area contributed by atoms with Gasteiger partial charge in [-0.3, -0.25) is 0 Å². The van der Waals surface area contributed by atoms with Crippen molar-refractivity contribution in [3.8, 4) is 5.75 Å².